The van der Waals surface area contributed by atoms with Gasteiger partial charge in [0.15, 0.2) is 0 Å². The Balaban J connectivity index is 2.79. The molecule has 14 heavy (non-hydrogen) atoms. The summed E-state index contributed by atoms with van der Waals surface area (Å²) in [4.78, 5) is 0. The van der Waals surface area contributed by atoms with Crippen LogP contribution in [0.2, 0.25) is 0 Å². The molecule has 0 heterocycles. The molecule has 1 unspecified atom stereocenters. The smallest absolute Gasteiger partial charge is 0.137 e. The average molecular weight is 263 g/mol. The molecular weight excluding hydrogens is 251 g/mol. The van der Waals surface area contributed by atoms with Gasteiger partial charge in [-0.3, -0.25) is 0 Å². The monoisotopic (exact) mass is 262 g/mol. The van der Waals surface area contributed by atoms with E-state index in [-0.39, 0.29) is 12.4 Å². The molecule has 0 saturated heterocycles. The molecule has 0 bridgehead atoms. The first kappa shape index (κ1) is 11.6. The molecule has 0 radical (unpaired) electrons. The summed E-state index contributed by atoms with van der Waals surface area (Å²) >= 11 is 3.08. The molecule has 0 aliphatic rings. The predicted octanol–water partition coefficient (Wildman–Crippen LogP) is 2.66. The van der Waals surface area contributed by atoms with Crippen LogP contribution in [0, 0.1) is 5.82 Å². The Kier molecular flexibility index (Phi) is 4.51. The molecule has 0 saturated carbocycles. The summed E-state index contributed by atoms with van der Waals surface area (Å²) in [6, 6.07) is 4.56. The fourth-order valence-corrected chi connectivity index (χ4v) is 1.63. The Hall–Kier alpha value is -0.450. The molecule has 0 aliphatic heterocycles. The zero-order valence-electron chi connectivity index (χ0n) is 7.84. The van der Waals surface area contributed by atoms with Gasteiger partial charge in [-0.1, -0.05) is 12.1 Å². The van der Waals surface area contributed by atoms with E-state index < -0.39 is 6.10 Å². The maximum atomic E-state index is 13.1. The largest absolute Gasteiger partial charge is 0.386 e. The van der Waals surface area contributed by atoms with Crippen LogP contribution in [0.1, 0.15) is 18.6 Å². The van der Waals surface area contributed by atoms with Crippen LogP contribution < -0.4 is 0 Å². The van der Waals surface area contributed by atoms with Crippen LogP contribution in [0.5, 0.6) is 0 Å². The van der Waals surface area contributed by atoms with Crippen molar-refractivity contribution in [3.63, 3.8) is 0 Å². The maximum absolute atomic E-state index is 13.1. The van der Waals surface area contributed by atoms with Gasteiger partial charge in [-0.2, -0.15) is 0 Å². The number of halogens is 2. The highest BCUT2D eigenvalue weighted by Crippen LogP contribution is 2.26. The maximum Gasteiger partial charge on any atom is 0.137 e. The van der Waals surface area contributed by atoms with Gasteiger partial charge in [0.2, 0.25) is 0 Å². The lowest BCUT2D eigenvalue weighted by Crippen LogP contribution is -2.08. The Morgan fingerprint density at radius 1 is 1.57 bits per heavy atom. The van der Waals surface area contributed by atoms with Crippen LogP contribution >= 0.6 is 15.9 Å². The van der Waals surface area contributed by atoms with E-state index in [1.807, 2.05) is 6.92 Å². The second kappa shape index (κ2) is 5.44. The Labute approximate surface area is 90.8 Å². The fourth-order valence-electron chi connectivity index (χ4n) is 1.10. The minimum absolute atomic E-state index is 0.179. The Morgan fingerprint density at radius 2 is 2.29 bits per heavy atom. The van der Waals surface area contributed by atoms with Gasteiger partial charge < -0.3 is 9.84 Å². The number of ether oxygens (including phenoxy) is 1. The third-order valence-corrected chi connectivity index (χ3v) is 2.66. The van der Waals surface area contributed by atoms with Gasteiger partial charge in [0.05, 0.1) is 11.1 Å². The van der Waals surface area contributed by atoms with E-state index in [0.29, 0.717) is 16.6 Å². The zero-order chi connectivity index (χ0) is 10.6. The van der Waals surface area contributed by atoms with Crippen molar-refractivity contribution in [3.8, 4) is 0 Å². The quantitative estimate of drug-likeness (QED) is 0.904. The lowest BCUT2D eigenvalue weighted by Gasteiger charge is -2.12. The molecule has 1 aromatic rings. The normalized spacial score (nSPS) is 12.9. The highest BCUT2D eigenvalue weighted by molar-refractivity contribution is 9.10. The number of aliphatic hydroxyl groups excluding tert-OH is 1. The summed E-state index contributed by atoms with van der Waals surface area (Å²) in [6.07, 6.45) is -0.792. The SMILES string of the molecule is CCOCC(O)c1cccc(F)c1Br. The minimum atomic E-state index is -0.792. The third kappa shape index (κ3) is 2.77. The Morgan fingerprint density at radius 3 is 2.93 bits per heavy atom. The molecular formula is C10H12BrFO2. The van der Waals surface area contributed by atoms with Crippen LogP contribution in [0.25, 0.3) is 0 Å². The molecule has 4 heteroatoms. The molecule has 1 rings (SSSR count). The van der Waals surface area contributed by atoms with Crippen LogP contribution in [-0.4, -0.2) is 18.3 Å². The fraction of sp³-hybridized carbons (Fsp3) is 0.400. The summed E-state index contributed by atoms with van der Waals surface area (Å²) in [7, 11) is 0. The molecule has 1 aromatic carbocycles. The third-order valence-electron chi connectivity index (χ3n) is 1.82. The van der Waals surface area contributed by atoms with Gasteiger partial charge in [0.25, 0.3) is 0 Å². The van der Waals surface area contributed by atoms with Crippen LogP contribution in [-0.2, 0) is 4.74 Å². The van der Waals surface area contributed by atoms with Gasteiger partial charge >= 0.3 is 0 Å². The molecule has 0 fully saturated rings. The van der Waals surface area contributed by atoms with E-state index in [9.17, 15) is 9.50 Å². The van der Waals surface area contributed by atoms with Crippen molar-refractivity contribution in [3.05, 3.63) is 34.1 Å². The molecule has 0 spiro atoms. The summed E-state index contributed by atoms with van der Waals surface area (Å²) in [5, 5.41) is 9.64. The predicted molar refractivity (Wildman–Crippen MR) is 55.6 cm³/mol. The standard InChI is InChI=1S/C10H12BrFO2/c1-2-14-6-9(13)7-4-3-5-8(12)10(7)11/h3-5,9,13H,2,6H2,1H3. The second-order valence-corrected chi connectivity index (χ2v) is 3.61. The van der Waals surface area contributed by atoms with E-state index in [0.717, 1.165) is 0 Å². The topological polar surface area (TPSA) is 29.5 Å². The van der Waals surface area contributed by atoms with Gasteiger partial charge in [-0.25, -0.2) is 4.39 Å². The molecule has 0 amide bonds. The van der Waals surface area contributed by atoms with E-state index in [1.54, 1.807) is 12.1 Å². The van der Waals surface area contributed by atoms with Crippen molar-refractivity contribution >= 4 is 15.9 Å². The van der Waals surface area contributed by atoms with Gasteiger partial charge in [-0.15, -0.1) is 0 Å². The van der Waals surface area contributed by atoms with Crippen LogP contribution in [0.4, 0.5) is 4.39 Å². The molecule has 0 aliphatic carbocycles. The van der Waals surface area contributed by atoms with Crippen molar-refractivity contribution in [2.24, 2.45) is 0 Å². The van der Waals surface area contributed by atoms with E-state index in [2.05, 4.69) is 15.9 Å². The summed E-state index contributed by atoms with van der Waals surface area (Å²) < 4.78 is 18.4. The molecule has 78 valence electrons. The first-order chi connectivity index (χ1) is 6.66. The highest BCUT2D eigenvalue weighted by Gasteiger charge is 2.13. The Bertz CT molecular complexity index is 304. The van der Waals surface area contributed by atoms with Gasteiger partial charge in [0, 0.05) is 6.61 Å². The van der Waals surface area contributed by atoms with Gasteiger partial charge in [0.1, 0.15) is 11.9 Å². The first-order valence-corrected chi connectivity index (χ1v) is 5.15. The highest BCUT2D eigenvalue weighted by atomic mass is 79.9. The van der Waals surface area contributed by atoms with Crippen LogP contribution in [0.3, 0.4) is 0 Å². The van der Waals surface area contributed by atoms with Crippen molar-refractivity contribution in [1.82, 2.24) is 0 Å². The molecule has 1 N–H and O–H groups in total. The summed E-state index contributed by atoms with van der Waals surface area (Å²) in [5.41, 5.74) is 0.512. The van der Waals surface area contributed by atoms with Crippen molar-refractivity contribution in [2.75, 3.05) is 13.2 Å². The number of benzene rings is 1. The molecule has 2 nitrogen and oxygen atoms in total. The molecule has 1 atom stereocenters. The minimum Gasteiger partial charge on any atom is -0.386 e. The number of aliphatic hydroxyl groups is 1. The number of hydrogen-bond donors (Lipinski definition) is 1. The lowest BCUT2D eigenvalue weighted by atomic mass is 10.1. The van der Waals surface area contributed by atoms with Crippen molar-refractivity contribution < 1.29 is 14.2 Å². The van der Waals surface area contributed by atoms with Crippen molar-refractivity contribution in [1.29, 1.82) is 0 Å². The van der Waals surface area contributed by atoms with E-state index >= 15 is 0 Å². The first-order valence-electron chi connectivity index (χ1n) is 4.36. The number of rotatable bonds is 4. The van der Waals surface area contributed by atoms with Crippen molar-refractivity contribution in [2.45, 2.75) is 13.0 Å². The van der Waals surface area contributed by atoms with E-state index in [1.165, 1.54) is 6.07 Å². The lowest BCUT2D eigenvalue weighted by molar-refractivity contribution is 0.0415. The van der Waals surface area contributed by atoms with E-state index in [4.69, 9.17) is 4.74 Å². The number of hydrogen-bond acceptors (Lipinski definition) is 2. The summed E-state index contributed by atoms with van der Waals surface area (Å²) in [5.74, 6) is -0.377. The van der Waals surface area contributed by atoms with Gasteiger partial charge in [-0.05, 0) is 34.5 Å². The molecule has 0 aromatic heterocycles. The zero-order valence-corrected chi connectivity index (χ0v) is 9.42. The summed E-state index contributed by atoms with van der Waals surface area (Å²) in [6.45, 7) is 2.55. The van der Waals surface area contributed by atoms with Crippen LogP contribution in [0.15, 0.2) is 22.7 Å². The second-order valence-electron chi connectivity index (χ2n) is 2.82. The average Bonchev–Trinajstić information content (AvgIpc) is 2.18.